The maximum absolute atomic E-state index is 12.8. The van der Waals surface area contributed by atoms with Gasteiger partial charge in [-0.25, -0.2) is 18.0 Å². The number of rotatable bonds is 2. The van der Waals surface area contributed by atoms with Crippen LogP contribution >= 0.6 is 0 Å². The Balaban J connectivity index is 3.52. The van der Waals surface area contributed by atoms with Gasteiger partial charge in [0.05, 0.1) is 0 Å². The molecule has 0 atom stereocenters. The van der Waals surface area contributed by atoms with Gasteiger partial charge < -0.3 is 10.1 Å². The molecule has 0 bridgehead atoms. The van der Waals surface area contributed by atoms with Crippen molar-refractivity contribution in [2.24, 2.45) is 0 Å². The highest BCUT2D eigenvalue weighted by Crippen LogP contribution is 2.21. The van der Waals surface area contributed by atoms with E-state index in [0.29, 0.717) is 6.07 Å². The molecular weight excluding hydrogens is 203 g/mol. The molecule has 0 aliphatic carbocycles. The Bertz CT molecular complexity index is 427. The first-order chi connectivity index (χ1) is 6.43. The molecule has 0 fully saturated rings. The highest BCUT2D eigenvalue weighted by molar-refractivity contribution is 5.89. The van der Waals surface area contributed by atoms with E-state index in [2.05, 4.69) is 0 Å². The van der Waals surface area contributed by atoms with Crippen molar-refractivity contribution < 1.29 is 23.1 Å². The molecule has 0 aromatic carbocycles. The smallest absolute Gasteiger partial charge is 0.340 e. The Labute approximate surface area is 75.0 Å². The molecule has 2 N–H and O–H groups in total. The number of aromatic nitrogens is 1. The molecule has 4 nitrogen and oxygen atoms in total. The van der Waals surface area contributed by atoms with Gasteiger partial charge in [0.1, 0.15) is 17.1 Å². The first-order valence-electron chi connectivity index (χ1n) is 3.37. The first kappa shape index (κ1) is 10.3. The average Bonchev–Trinajstić information content (AvgIpc) is 2.01. The van der Waals surface area contributed by atoms with E-state index in [9.17, 15) is 22.8 Å². The molecule has 0 unspecified atom stereocenters. The summed E-state index contributed by atoms with van der Waals surface area (Å²) in [6, 6.07) is 0.301. The van der Waals surface area contributed by atoms with Crippen LogP contribution in [0.1, 0.15) is 22.5 Å². The molecule has 1 heterocycles. The van der Waals surface area contributed by atoms with Crippen molar-refractivity contribution >= 4 is 5.97 Å². The van der Waals surface area contributed by atoms with Gasteiger partial charge in [-0.3, -0.25) is 4.79 Å². The Kier molecular flexibility index (Phi) is 2.59. The predicted octanol–water partition coefficient (Wildman–Crippen LogP) is 1.15. The molecule has 0 aliphatic heterocycles. The Morgan fingerprint density at radius 3 is 2.50 bits per heavy atom. The number of nitrogens with one attached hydrogen (secondary N) is 1. The maximum Gasteiger partial charge on any atom is 0.340 e. The van der Waals surface area contributed by atoms with E-state index >= 15 is 0 Å². The summed E-state index contributed by atoms with van der Waals surface area (Å²) < 4.78 is 37.1. The van der Waals surface area contributed by atoms with Gasteiger partial charge in [-0.2, -0.15) is 0 Å². The van der Waals surface area contributed by atoms with Crippen LogP contribution in [-0.2, 0) is 0 Å². The Morgan fingerprint density at radius 2 is 2.07 bits per heavy atom. The predicted molar refractivity (Wildman–Crippen MR) is 38.9 cm³/mol. The molecule has 1 aromatic rings. The fourth-order valence-corrected chi connectivity index (χ4v) is 0.928. The van der Waals surface area contributed by atoms with Crippen molar-refractivity contribution in [2.75, 3.05) is 0 Å². The van der Waals surface area contributed by atoms with Crippen molar-refractivity contribution in [1.82, 2.24) is 4.98 Å². The van der Waals surface area contributed by atoms with Crippen molar-refractivity contribution in [3.8, 4) is 0 Å². The van der Waals surface area contributed by atoms with Gasteiger partial charge in [0.2, 0.25) is 0 Å². The van der Waals surface area contributed by atoms with E-state index in [1.54, 1.807) is 4.98 Å². The highest BCUT2D eigenvalue weighted by atomic mass is 19.3. The van der Waals surface area contributed by atoms with Crippen LogP contribution < -0.4 is 5.56 Å². The van der Waals surface area contributed by atoms with E-state index in [0.717, 1.165) is 0 Å². The van der Waals surface area contributed by atoms with Crippen LogP contribution in [0.4, 0.5) is 13.2 Å². The summed E-state index contributed by atoms with van der Waals surface area (Å²) in [6.45, 7) is 0. The van der Waals surface area contributed by atoms with Crippen molar-refractivity contribution in [2.45, 2.75) is 6.43 Å². The zero-order valence-corrected chi connectivity index (χ0v) is 6.55. The summed E-state index contributed by atoms with van der Waals surface area (Å²) >= 11 is 0. The number of pyridine rings is 1. The van der Waals surface area contributed by atoms with E-state index < -0.39 is 35.0 Å². The first-order valence-corrected chi connectivity index (χ1v) is 3.37. The van der Waals surface area contributed by atoms with Crippen LogP contribution in [0, 0.1) is 5.82 Å². The van der Waals surface area contributed by atoms with Crippen LogP contribution in [0.5, 0.6) is 0 Å². The molecule has 0 saturated carbocycles. The number of H-pyrrole nitrogens is 1. The number of hydrogen-bond acceptors (Lipinski definition) is 2. The summed E-state index contributed by atoms with van der Waals surface area (Å²) in [5, 5.41) is 8.39. The molecule has 76 valence electrons. The van der Waals surface area contributed by atoms with Crippen LogP contribution in [0.15, 0.2) is 10.9 Å². The number of aromatic carboxylic acids is 1. The molecule has 0 saturated heterocycles. The number of carboxylic acid groups (broad SMARTS) is 1. The van der Waals surface area contributed by atoms with Crippen LogP contribution in [0.2, 0.25) is 0 Å². The van der Waals surface area contributed by atoms with Crippen LogP contribution in [0.3, 0.4) is 0 Å². The second-order valence-corrected chi connectivity index (χ2v) is 2.38. The Hall–Kier alpha value is -1.79. The minimum Gasteiger partial charge on any atom is -0.478 e. The van der Waals surface area contributed by atoms with Gasteiger partial charge in [-0.1, -0.05) is 0 Å². The molecule has 7 heteroatoms. The van der Waals surface area contributed by atoms with E-state index in [1.807, 2.05) is 0 Å². The lowest BCUT2D eigenvalue weighted by Gasteiger charge is -2.04. The third kappa shape index (κ3) is 1.76. The number of aromatic amines is 1. The molecule has 1 rings (SSSR count). The zero-order chi connectivity index (χ0) is 10.9. The van der Waals surface area contributed by atoms with Gasteiger partial charge in [-0.05, 0) is 0 Å². The number of halogens is 3. The molecule has 0 aliphatic rings. The second kappa shape index (κ2) is 3.52. The highest BCUT2D eigenvalue weighted by Gasteiger charge is 2.23. The summed E-state index contributed by atoms with van der Waals surface area (Å²) in [6.07, 6.45) is -3.25. The molecule has 1 aromatic heterocycles. The largest absolute Gasteiger partial charge is 0.478 e. The summed E-state index contributed by atoms with van der Waals surface area (Å²) in [4.78, 5) is 22.5. The Morgan fingerprint density at radius 1 is 1.50 bits per heavy atom. The van der Waals surface area contributed by atoms with Crippen LogP contribution in [0.25, 0.3) is 0 Å². The van der Waals surface area contributed by atoms with Crippen molar-refractivity contribution in [1.29, 1.82) is 0 Å². The van der Waals surface area contributed by atoms with Gasteiger partial charge in [-0.15, -0.1) is 0 Å². The molecular formula is C7H4F3NO3. The molecule has 14 heavy (non-hydrogen) atoms. The quantitative estimate of drug-likeness (QED) is 0.764. The molecule has 0 radical (unpaired) electrons. The monoisotopic (exact) mass is 207 g/mol. The fraction of sp³-hybridized carbons (Fsp3) is 0.143. The number of carbonyl (C=O) groups is 1. The van der Waals surface area contributed by atoms with Crippen molar-refractivity contribution in [3.05, 3.63) is 33.5 Å². The third-order valence-electron chi connectivity index (χ3n) is 1.46. The summed E-state index contributed by atoms with van der Waals surface area (Å²) in [7, 11) is 0. The topological polar surface area (TPSA) is 70.2 Å². The number of hydrogen-bond donors (Lipinski definition) is 2. The van der Waals surface area contributed by atoms with Crippen LogP contribution in [-0.4, -0.2) is 16.1 Å². The maximum atomic E-state index is 12.8. The van der Waals surface area contributed by atoms with Crippen molar-refractivity contribution in [3.63, 3.8) is 0 Å². The van der Waals surface area contributed by atoms with Gasteiger partial charge in [0, 0.05) is 6.07 Å². The third-order valence-corrected chi connectivity index (χ3v) is 1.46. The lowest BCUT2D eigenvalue weighted by molar-refractivity contribution is 0.0676. The van der Waals surface area contributed by atoms with E-state index in [1.165, 1.54) is 0 Å². The average molecular weight is 207 g/mol. The summed E-state index contributed by atoms with van der Waals surface area (Å²) in [5.74, 6) is -3.33. The number of carboxylic acids is 1. The van der Waals surface area contributed by atoms with Gasteiger partial charge in [0.15, 0.2) is 0 Å². The van der Waals surface area contributed by atoms with E-state index in [4.69, 9.17) is 5.11 Å². The fourth-order valence-electron chi connectivity index (χ4n) is 0.928. The van der Waals surface area contributed by atoms with Gasteiger partial charge >= 0.3 is 5.97 Å². The minimum atomic E-state index is -3.25. The SMILES string of the molecule is O=C(O)c1c(F)cc(=O)[nH]c1C(F)F. The normalized spacial score (nSPS) is 10.6. The number of alkyl halides is 2. The standard InChI is InChI=1S/C7H4F3NO3/c8-2-1-3(12)11-5(6(9)10)4(2)7(13)14/h1,6H,(H,11,12)(H,13,14). The minimum absolute atomic E-state index is 0.301. The molecule has 0 amide bonds. The lowest BCUT2D eigenvalue weighted by atomic mass is 10.2. The lowest BCUT2D eigenvalue weighted by Crippen LogP contribution is -2.17. The van der Waals surface area contributed by atoms with E-state index in [-0.39, 0.29) is 0 Å². The second-order valence-electron chi connectivity index (χ2n) is 2.38. The molecule has 0 spiro atoms. The summed E-state index contributed by atoms with van der Waals surface area (Å²) in [5.41, 5.74) is -3.54. The zero-order valence-electron chi connectivity index (χ0n) is 6.55. The van der Waals surface area contributed by atoms with Gasteiger partial charge in [0.25, 0.3) is 12.0 Å².